The number of nitrogens with zero attached hydrogens (tertiary/aromatic N) is 3. The van der Waals surface area contributed by atoms with Crippen molar-refractivity contribution in [3.05, 3.63) is 81.6 Å². The summed E-state index contributed by atoms with van der Waals surface area (Å²) in [6, 6.07) is 16.0. The van der Waals surface area contributed by atoms with Crippen molar-refractivity contribution in [2.75, 3.05) is 7.05 Å². The van der Waals surface area contributed by atoms with Gasteiger partial charge in [0.2, 0.25) is 5.91 Å². The minimum Gasteiger partial charge on any atom is -0.341 e. The monoisotopic (exact) mass is 407 g/mol. The first-order valence-corrected chi connectivity index (χ1v) is 10.4. The molecule has 4 rings (SSSR count). The molecule has 1 aliphatic rings. The summed E-state index contributed by atoms with van der Waals surface area (Å²) in [5.41, 5.74) is 6.49. The van der Waals surface area contributed by atoms with Crippen LogP contribution in [0.5, 0.6) is 0 Å². The van der Waals surface area contributed by atoms with Gasteiger partial charge in [0.1, 0.15) is 0 Å². The van der Waals surface area contributed by atoms with E-state index in [0.717, 1.165) is 39.6 Å². The second-order valence-corrected chi connectivity index (χ2v) is 8.42. The molecule has 1 fully saturated rings. The normalized spacial score (nSPS) is 18.0. The van der Waals surface area contributed by atoms with Crippen LogP contribution in [0.1, 0.15) is 40.4 Å². The predicted molar refractivity (Wildman–Crippen MR) is 117 cm³/mol. The van der Waals surface area contributed by atoms with Crippen LogP contribution in [0.4, 0.5) is 0 Å². The van der Waals surface area contributed by atoms with E-state index in [2.05, 4.69) is 26.0 Å². The molecular formula is C24H26ClN3O. The Bertz CT molecular complexity index is 1070. The molecule has 2 aromatic carbocycles. The van der Waals surface area contributed by atoms with Crippen molar-refractivity contribution in [2.24, 2.45) is 5.92 Å². The molecule has 0 aliphatic heterocycles. The standard InChI is InChI=1S/C24H26ClN3O/c1-15-9-5-8-12-23(15)28-17(3)21(16(2)26-28)14-27(4)24(29)20-13-19(20)18-10-6-7-11-22(18)25/h5-12,19-20H,13-14H2,1-4H3. The molecule has 5 heteroatoms. The number of aryl methyl sites for hydroxylation is 2. The van der Waals surface area contributed by atoms with E-state index in [1.807, 2.05) is 60.0 Å². The van der Waals surface area contributed by atoms with Crippen molar-refractivity contribution in [3.63, 3.8) is 0 Å². The van der Waals surface area contributed by atoms with Gasteiger partial charge in [0.15, 0.2) is 0 Å². The zero-order valence-electron chi connectivity index (χ0n) is 17.3. The van der Waals surface area contributed by atoms with Crippen LogP contribution < -0.4 is 0 Å². The summed E-state index contributed by atoms with van der Waals surface area (Å²) in [5.74, 6) is 0.430. The molecule has 0 spiro atoms. The number of hydrogen-bond donors (Lipinski definition) is 0. The Hall–Kier alpha value is -2.59. The number of amides is 1. The van der Waals surface area contributed by atoms with Gasteiger partial charge in [-0.25, -0.2) is 4.68 Å². The van der Waals surface area contributed by atoms with Gasteiger partial charge in [0.25, 0.3) is 0 Å². The van der Waals surface area contributed by atoms with Gasteiger partial charge in [-0.15, -0.1) is 0 Å². The van der Waals surface area contributed by atoms with Crippen LogP contribution in [-0.4, -0.2) is 27.6 Å². The van der Waals surface area contributed by atoms with Crippen LogP contribution in [0, 0.1) is 26.7 Å². The number of carbonyl (C=O) groups excluding carboxylic acids is 1. The molecule has 1 saturated carbocycles. The van der Waals surface area contributed by atoms with Crippen molar-refractivity contribution in [3.8, 4) is 5.69 Å². The maximum Gasteiger partial charge on any atom is 0.226 e. The predicted octanol–water partition coefficient (Wildman–Crippen LogP) is 5.21. The molecule has 1 heterocycles. The lowest BCUT2D eigenvalue weighted by Crippen LogP contribution is -2.28. The highest BCUT2D eigenvalue weighted by molar-refractivity contribution is 6.31. The topological polar surface area (TPSA) is 38.1 Å². The summed E-state index contributed by atoms with van der Waals surface area (Å²) in [5, 5.41) is 5.50. The molecule has 0 bridgehead atoms. The molecule has 1 amide bonds. The maximum atomic E-state index is 13.0. The third-order valence-corrected chi connectivity index (χ3v) is 6.31. The Morgan fingerprint density at radius 1 is 1.14 bits per heavy atom. The van der Waals surface area contributed by atoms with Crippen LogP contribution in [0.2, 0.25) is 5.02 Å². The molecule has 2 unspecified atom stereocenters. The number of rotatable bonds is 5. The van der Waals surface area contributed by atoms with E-state index in [0.29, 0.717) is 6.54 Å². The van der Waals surface area contributed by atoms with Gasteiger partial charge in [-0.05, 0) is 56.4 Å². The fraction of sp³-hybridized carbons (Fsp3) is 0.333. The van der Waals surface area contributed by atoms with Gasteiger partial charge in [0, 0.05) is 35.8 Å². The van der Waals surface area contributed by atoms with Crippen molar-refractivity contribution < 1.29 is 4.79 Å². The molecular weight excluding hydrogens is 382 g/mol. The van der Waals surface area contributed by atoms with E-state index < -0.39 is 0 Å². The number of hydrogen-bond acceptors (Lipinski definition) is 2. The second kappa shape index (κ2) is 7.68. The minimum atomic E-state index is 0.0203. The number of benzene rings is 2. The highest BCUT2D eigenvalue weighted by atomic mass is 35.5. The lowest BCUT2D eigenvalue weighted by atomic mass is 10.1. The summed E-state index contributed by atoms with van der Waals surface area (Å²) < 4.78 is 1.99. The molecule has 3 aromatic rings. The maximum absolute atomic E-state index is 13.0. The number of aromatic nitrogens is 2. The van der Waals surface area contributed by atoms with E-state index >= 15 is 0 Å². The zero-order chi connectivity index (χ0) is 20.7. The SMILES string of the molecule is Cc1ccccc1-n1nc(C)c(CN(C)C(=O)C2CC2c2ccccc2Cl)c1C. The minimum absolute atomic E-state index is 0.0203. The van der Waals surface area contributed by atoms with Gasteiger partial charge in [-0.2, -0.15) is 5.10 Å². The third kappa shape index (κ3) is 3.69. The van der Waals surface area contributed by atoms with Crippen LogP contribution in [0.25, 0.3) is 5.69 Å². The average molecular weight is 408 g/mol. The lowest BCUT2D eigenvalue weighted by Gasteiger charge is -2.18. The molecule has 29 heavy (non-hydrogen) atoms. The Morgan fingerprint density at radius 3 is 2.55 bits per heavy atom. The first-order chi connectivity index (χ1) is 13.9. The number of halogens is 1. The largest absolute Gasteiger partial charge is 0.341 e. The van der Waals surface area contributed by atoms with E-state index in [4.69, 9.17) is 16.7 Å². The number of para-hydroxylation sites is 1. The van der Waals surface area contributed by atoms with Gasteiger partial charge >= 0.3 is 0 Å². The summed E-state index contributed by atoms with van der Waals surface area (Å²) in [4.78, 5) is 14.8. The van der Waals surface area contributed by atoms with E-state index in [1.54, 1.807) is 0 Å². The fourth-order valence-electron chi connectivity index (χ4n) is 4.13. The lowest BCUT2D eigenvalue weighted by molar-refractivity contribution is -0.131. The third-order valence-electron chi connectivity index (χ3n) is 5.97. The first kappa shape index (κ1) is 19.7. The molecule has 2 atom stereocenters. The molecule has 4 nitrogen and oxygen atoms in total. The van der Waals surface area contributed by atoms with Crippen LogP contribution >= 0.6 is 11.6 Å². The van der Waals surface area contributed by atoms with E-state index in [-0.39, 0.29) is 17.7 Å². The molecule has 1 aromatic heterocycles. The first-order valence-electron chi connectivity index (χ1n) is 9.99. The van der Waals surface area contributed by atoms with Gasteiger partial charge < -0.3 is 4.90 Å². The number of carbonyl (C=O) groups is 1. The van der Waals surface area contributed by atoms with Crippen LogP contribution in [0.15, 0.2) is 48.5 Å². The van der Waals surface area contributed by atoms with Crippen molar-refractivity contribution in [2.45, 2.75) is 39.7 Å². The van der Waals surface area contributed by atoms with Crippen LogP contribution in [0.3, 0.4) is 0 Å². The van der Waals surface area contributed by atoms with Crippen molar-refractivity contribution in [1.82, 2.24) is 14.7 Å². The highest BCUT2D eigenvalue weighted by Gasteiger charge is 2.46. The summed E-state index contributed by atoms with van der Waals surface area (Å²) >= 11 is 6.32. The van der Waals surface area contributed by atoms with E-state index in [9.17, 15) is 4.79 Å². The summed E-state index contributed by atoms with van der Waals surface area (Å²) in [6.45, 7) is 6.74. The summed E-state index contributed by atoms with van der Waals surface area (Å²) in [7, 11) is 1.88. The molecule has 150 valence electrons. The van der Waals surface area contributed by atoms with Crippen LogP contribution in [-0.2, 0) is 11.3 Å². The second-order valence-electron chi connectivity index (χ2n) is 8.01. The summed E-state index contributed by atoms with van der Waals surface area (Å²) in [6.07, 6.45) is 0.868. The fourth-order valence-corrected chi connectivity index (χ4v) is 4.40. The smallest absolute Gasteiger partial charge is 0.226 e. The van der Waals surface area contributed by atoms with Gasteiger partial charge in [-0.1, -0.05) is 48.0 Å². The molecule has 1 aliphatic carbocycles. The van der Waals surface area contributed by atoms with Gasteiger partial charge in [-0.3, -0.25) is 4.79 Å². The molecule has 0 radical (unpaired) electrons. The quantitative estimate of drug-likeness (QED) is 0.582. The Balaban J connectivity index is 1.51. The Kier molecular flexibility index (Phi) is 5.22. The Labute approximate surface area is 177 Å². The van der Waals surface area contributed by atoms with Crippen molar-refractivity contribution >= 4 is 17.5 Å². The molecule has 0 saturated heterocycles. The van der Waals surface area contributed by atoms with Crippen molar-refractivity contribution in [1.29, 1.82) is 0 Å². The highest BCUT2D eigenvalue weighted by Crippen LogP contribution is 2.50. The van der Waals surface area contributed by atoms with E-state index in [1.165, 1.54) is 5.56 Å². The Morgan fingerprint density at radius 2 is 1.83 bits per heavy atom. The average Bonchev–Trinajstić information content (AvgIpc) is 3.45. The zero-order valence-corrected chi connectivity index (χ0v) is 18.1. The van der Waals surface area contributed by atoms with Gasteiger partial charge in [0.05, 0.1) is 11.4 Å². The molecule has 0 N–H and O–H groups in total.